The molecule has 5 rings (SSSR count). The average Bonchev–Trinajstić information content (AvgIpc) is 3.54. The summed E-state index contributed by atoms with van der Waals surface area (Å²) < 4.78 is 4.31. The molecule has 1 aromatic carbocycles. The lowest BCUT2D eigenvalue weighted by Gasteiger charge is -2.12. The molecule has 0 radical (unpaired) electrons. The van der Waals surface area contributed by atoms with E-state index in [1.807, 2.05) is 13.0 Å². The second kappa shape index (κ2) is 9.02. The van der Waals surface area contributed by atoms with E-state index in [0.29, 0.717) is 11.0 Å². The number of hydrogen-bond donors (Lipinski definition) is 1. The number of aromatic amines is 1. The molecule has 0 amide bonds. The normalized spacial score (nSPS) is 11.6. The van der Waals surface area contributed by atoms with E-state index in [0.717, 1.165) is 65.4 Å². The van der Waals surface area contributed by atoms with E-state index < -0.39 is 0 Å². The van der Waals surface area contributed by atoms with Crippen LogP contribution in [0.5, 0.6) is 0 Å². The van der Waals surface area contributed by atoms with Crippen LogP contribution in [0.25, 0.3) is 33.8 Å². The van der Waals surface area contributed by atoms with Gasteiger partial charge >= 0.3 is 0 Å². The summed E-state index contributed by atoms with van der Waals surface area (Å²) in [4.78, 5) is 9.76. The highest BCUT2D eigenvalue weighted by molar-refractivity contribution is 6.30. The predicted molar refractivity (Wildman–Crippen MR) is 134 cm³/mol. The minimum atomic E-state index is 0.527. The fourth-order valence-corrected chi connectivity index (χ4v) is 4.88. The molecule has 4 heterocycles. The van der Waals surface area contributed by atoms with Gasteiger partial charge in [0, 0.05) is 18.7 Å². The smallest absolute Gasteiger partial charge is 0.206 e. The number of fused-ring (bicyclic) bond motifs is 1. The molecule has 174 valence electrons. The zero-order valence-electron chi connectivity index (χ0n) is 19.8. The van der Waals surface area contributed by atoms with Crippen LogP contribution in [0.3, 0.4) is 0 Å². The molecule has 0 spiro atoms. The SMILES string of the molecule is CCCc1nc2c(C)cc(C)nc2n1Cc1ccc(-c2c(-c3nn[nH]n3)cc(Cl)n2CC)cc1. The summed E-state index contributed by atoms with van der Waals surface area (Å²) in [5.74, 6) is 1.60. The summed E-state index contributed by atoms with van der Waals surface area (Å²) in [6.45, 7) is 9.84. The van der Waals surface area contributed by atoms with Crippen LogP contribution in [0.4, 0.5) is 0 Å². The molecule has 0 atom stereocenters. The van der Waals surface area contributed by atoms with E-state index in [2.05, 4.69) is 80.9 Å². The summed E-state index contributed by atoms with van der Waals surface area (Å²) in [6.07, 6.45) is 1.96. The van der Waals surface area contributed by atoms with E-state index in [-0.39, 0.29) is 0 Å². The van der Waals surface area contributed by atoms with Gasteiger partial charge in [-0.25, -0.2) is 9.97 Å². The van der Waals surface area contributed by atoms with E-state index in [1.54, 1.807) is 0 Å². The Morgan fingerprint density at radius 1 is 1.00 bits per heavy atom. The number of pyridine rings is 1. The largest absolute Gasteiger partial charge is 0.331 e. The van der Waals surface area contributed by atoms with Crippen molar-refractivity contribution in [2.75, 3.05) is 0 Å². The Hall–Kier alpha value is -3.52. The van der Waals surface area contributed by atoms with Crippen molar-refractivity contribution in [2.24, 2.45) is 0 Å². The summed E-state index contributed by atoms with van der Waals surface area (Å²) in [7, 11) is 0. The first-order valence-corrected chi connectivity index (χ1v) is 11.9. The molecule has 34 heavy (non-hydrogen) atoms. The molecule has 0 aliphatic heterocycles. The molecule has 0 saturated carbocycles. The number of tetrazole rings is 1. The number of benzene rings is 1. The van der Waals surface area contributed by atoms with Crippen molar-refractivity contribution in [3.63, 3.8) is 0 Å². The molecule has 0 unspecified atom stereocenters. The van der Waals surface area contributed by atoms with Gasteiger partial charge in [-0.1, -0.05) is 42.8 Å². The first-order valence-electron chi connectivity index (χ1n) is 11.6. The molecule has 1 N–H and O–H groups in total. The standard InChI is InChI=1S/C25H27ClN8/c1-5-7-21-28-22-15(3)12-16(4)27-25(22)34(21)14-17-8-10-18(11-9-17)23-19(24-29-31-32-30-24)13-20(26)33(23)6-2/h8-13H,5-7,14H2,1-4H3,(H,29,30,31,32). The fourth-order valence-electron chi connectivity index (χ4n) is 4.56. The first-order chi connectivity index (χ1) is 16.5. The lowest BCUT2D eigenvalue weighted by atomic mass is 10.0. The van der Waals surface area contributed by atoms with Crippen molar-refractivity contribution >= 4 is 22.8 Å². The lowest BCUT2D eigenvalue weighted by molar-refractivity contribution is 0.716. The third kappa shape index (κ3) is 3.88. The minimum absolute atomic E-state index is 0.527. The first kappa shape index (κ1) is 22.3. The molecule has 9 heteroatoms. The van der Waals surface area contributed by atoms with E-state index in [1.165, 1.54) is 11.1 Å². The Bertz CT molecular complexity index is 1450. The van der Waals surface area contributed by atoms with Gasteiger partial charge in [0.1, 0.15) is 16.5 Å². The predicted octanol–water partition coefficient (Wildman–Crippen LogP) is 5.37. The molecule has 5 aromatic rings. The number of rotatable bonds is 7. The Morgan fingerprint density at radius 2 is 1.79 bits per heavy atom. The molecular weight excluding hydrogens is 448 g/mol. The van der Waals surface area contributed by atoms with Crippen LogP contribution in [-0.4, -0.2) is 39.7 Å². The van der Waals surface area contributed by atoms with Crippen molar-refractivity contribution in [1.82, 2.24) is 39.7 Å². The zero-order valence-corrected chi connectivity index (χ0v) is 20.6. The van der Waals surface area contributed by atoms with Crippen LogP contribution in [0.2, 0.25) is 5.15 Å². The van der Waals surface area contributed by atoms with Gasteiger partial charge in [-0.2, -0.15) is 5.21 Å². The van der Waals surface area contributed by atoms with E-state index in [4.69, 9.17) is 21.6 Å². The van der Waals surface area contributed by atoms with Gasteiger partial charge in [0.15, 0.2) is 5.65 Å². The topological polar surface area (TPSA) is 90.1 Å². The van der Waals surface area contributed by atoms with Crippen molar-refractivity contribution in [1.29, 1.82) is 0 Å². The van der Waals surface area contributed by atoms with Gasteiger partial charge in [-0.05, 0) is 61.2 Å². The number of H-pyrrole nitrogens is 1. The number of hydrogen-bond acceptors (Lipinski definition) is 5. The van der Waals surface area contributed by atoms with Crippen LogP contribution in [0.1, 0.15) is 42.9 Å². The molecular formula is C25H27ClN8. The third-order valence-corrected chi connectivity index (χ3v) is 6.40. The zero-order chi connectivity index (χ0) is 23.8. The number of halogens is 1. The summed E-state index contributed by atoms with van der Waals surface area (Å²) in [5.41, 5.74) is 8.19. The van der Waals surface area contributed by atoms with Crippen LogP contribution in [0.15, 0.2) is 36.4 Å². The van der Waals surface area contributed by atoms with Gasteiger partial charge in [0.25, 0.3) is 0 Å². The number of aromatic nitrogens is 8. The molecule has 0 fully saturated rings. The third-order valence-electron chi connectivity index (χ3n) is 6.09. The maximum Gasteiger partial charge on any atom is 0.206 e. The second-order valence-electron chi connectivity index (χ2n) is 8.52. The van der Waals surface area contributed by atoms with Gasteiger partial charge in [0.2, 0.25) is 5.82 Å². The Morgan fingerprint density at radius 3 is 2.47 bits per heavy atom. The maximum absolute atomic E-state index is 6.53. The van der Waals surface area contributed by atoms with Crippen LogP contribution in [-0.2, 0) is 19.5 Å². The van der Waals surface area contributed by atoms with Gasteiger partial charge in [-0.3, -0.25) is 0 Å². The lowest BCUT2D eigenvalue weighted by Crippen LogP contribution is -2.06. The van der Waals surface area contributed by atoms with Crippen molar-refractivity contribution in [3.8, 4) is 22.6 Å². The van der Waals surface area contributed by atoms with Crippen molar-refractivity contribution in [3.05, 3.63) is 64.2 Å². The highest BCUT2D eigenvalue weighted by atomic mass is 35.5. The Labute approximate surface area is 203 Å². The van der Waals surface area contributed by atoms with Gasteiger partial charge < -0.3 is 9.13 Å². The minimum Gasteiger partial charge on any atom is -0.331 e. The number of nitrogens with zero attached hydrogens (tertiary/aromatic N) is 7. The van der Waals surface area contributed by atoms with E-state index in [9.17, 15) is 0 Å². The summed E-state index contributed by atoms with van der Waals surface area (Å²) in [5, 5.41) is 15.2. The Balaban J connectivity index is 1.54. The molecule has 0 aliphatic rings. The monoisotopic (exact) mass is 474 g/mol. The molecule has 8 nitrogen and oxygen atoms in total. The maximum atomic E-state index is 6.53. The fraction of sp³-hybridized carbons (Fsp3) is 0.320. The Kier molecular flexibility index (Phi) is 5.91. The number of imidazole rings is 1. The average molecular weight is 475 g/mol. The number of aryl methyl sites for hydroxylation is 3. The molecule has 4 aromatic heterocycles. The second-order valence-corrected chi connectivity index (χ2v) is 8.91. The van der Waals surface area contributed by atoms with E-state index >= 15 is 0 Å². The summed E-state index contributed by atoms with van der Waals surface area (Å²) >= 11 is 6.53. The quantitative estimate of drug-likeness (QED) is 0.342. The molecule has 0 saturated heterocycles. The summed E-state index contributed by atoms with van der Waals surface area (Å²) in [6, 6.07) is 12.5. The van der Waals surface area contributed by atoms with Crippen molar-refractivity contribution < 1.29 is 0 Å². The highest BCUT2D eigenvalue weighted by Gasteiger charge is 2.20. The van der Waals surface area contributed by atoms with Gasteiger partial charge in [-0.15, -0.1) is 10.2 Å². The molecule has 0 bridgehead atoms. The van der Waals surface area contributed by atoms with Crippen LogP contribution in [0, 0.1) is 13.8 Å². The van der Waals surface area contributed by atoms with Crippen molar-refractivity contribution in [2.45, 2.75) is 53.6 Å². The van der Waals surface area contributed by atoms with Crippen LogP contribution < -0.4 is 0 Å². The molecule has 0 aliphatic carbocycles. The van der Waals surface area contributed by atoms with Crippen LogP contribution >= 0.6 is 11.6 Å². The highest BCUT2D eigenvalue weighted by Crippen LogP contribution is 2.35. The number of nitrogens with one attached hydrogen (secondary N) is 1. The van der Waals surface area contributed by atoms with Gasteiger partial charge in [0.05, 0.1) is 17.8 Å².